The van der Waals surface area contributed by atoms with Crippen molar-refractivity contribution in [2.45, 2.75) is 45.4 Å². The number of rotatable bonds is 9. The van der Waals surface area contributed by atoms with Crippen molar-refractivity contribution in [2.75, 3.05) is 11.9 Å². The summed E-state index contributed by atoms with van der Waals surface area (Å²) in [5.74, 6) is -1.27. The molecule has 10 heteroatoms. The highest BCUT2D eigenvalue weighted by Gasteiger charge is 2.18. The number of aliphatic carboxylic acids is 1. The summed E-state index contributed by atoms with van der Waals surface area (Å²) >= 11 is 13.7. The van der Waals surface area contributed by atoms with E-state index in [0.717, 1.165) is 17.8 Å². The number of halogens is 3. The number of carbonyl (C=O) groups is 2. The van der Waals surface area contributed by atoms with Crippen molar-refractivity contribution in [2.24, 2.45) is 5.92 Å². The number of amides is 1. The normalized spacial score (nSPS) is 14.4. The molecule has 6 nitrogen and oxygen atoms in total. The number of nitrogens with zero attached hydrogens (tertiary/aromatic N) is 1. The standard InChI is InChI=1S/C28H27Cl2FN2O4S/c1-16(27(35)36)12-20-21(29)13-18(14-22(20)30)26(34)33-28-32-23(15-38-28)19-8-5-9-24(25(19)31)37-11-10-17-6-3-2-4-7-17/h5,8-9,12-15,17H,2-4,6-7,10-11H2,1H3,(H,35,36)(H,32,33,34). The highest BCUT2D eigenvalue weighted by molar-refractivity contribution is 7.14. The zero-order chi connectivity index (χ0) is 27.2. The molecule has 0 saturated heterocycles. The molecule has 1 aliphatic carbocycles. The predicted octanol–water partition coefficient (Wildman–Crippen LogP) is 8.35. The minimum atomic E-state index is -1.11. The Labute approximate surface area is 234 Å². The van der Waals surface area contributed by atoms with Crippen molar-refractivity contribution in [1.82, 2.24) is 4.98 Å². The first-order valence-corrected chi connectivity index (χ1v) is 14.0. The molecule has 1 amide bonds. The van der Waals surface area contributed by atoms with Crippen molar-refractivity contribution in [1.29, 1.82) is 0 Å². The Balaban J connectivity index is 1.43. The molecule has 0 unspecified atom stereocenters. The van der Waals surface area contributed by atoms with Gasteiger partial charge in [-0.2, -0.15) is 0 Å². The number of carboxylic acids is 1. The van der Waals surface area contributed by atoms with Crippen LogP contribution in [-0.4, -0.2) is 28.6 Å². The zero-order valence-corrected chi connectivity index (χ0v) is 23.1. The van der Waals surface area contributed by atoms with Crippen LogP contribution in [-0.2, 0) is 4.79 Å². The summed E-state index contributed by atoms with van der Waals surface area (Å²) in [6.45, 7) is 1.89. The molecule has 1 aliphatic rings. The van der Waals surface area contributed by atoms with E-state index in [0.29, 0.717) is 23.8 Å². The second kappa shape index (κ2) is 12.7. The van der Waals surface area contributed by atoms with Crippen LogP contribution >= 0.6 is 34.5 Å². The summed E-state index contributed by atoms with van der Waals surface area (Å²) in [6, 6.07) is 7.74. The molecule has 4 rings (SSSR count). The van der Waals surface area contributed by atoms with Gasteiger partial charge in [0.15, 0.2) is 16.7 Å². The van der Waals surface area contributed by atoms with E-state index in [4.69, 9.17) is 33.0 Å². The maximum atomic E-state index is 15.2. The number of carbonyl (C=O) groups excluding carboxylic acids is 1. The van der Waals surface area contributed by atoms with Gasteiger partial charge in [0.2, 0.25) is 0 Å². The van der Waals surface area contributed by atoms with E-state index < -0.39 is 17.7 Å². The number of anilines is 1. The van der Waals surface area contributed by atoms with E-state index in [-0.39, 0.29) is 37.6 Å². The van der Waals surface area contributed by atoms with Crippen molar-refractivity contribution in [3.8, 4) is 17.0 Å². The molecule has 0 atom stereocenters. The molecule has 3 aromatic rings. The van der Waals surface area contributed by atoms with Crippen LogP contribution in [0, 0.1) is 11.7 Å². The van der Waals surface area contributed by atoms with E-state index in [9.17, 15) is 9.59 Å². The molecule has 0 aliphatic heterocycles. The fourth-order valence-corrected chi connectivity index (χ4v) is 5.69. The highest BCUT2D eigenvalue weighted by Crippen LogP contribution is 2.33. The Kier molecular flexibility index (Phi) is 9.41. The SMILES string of the molecule is CC(=Cc1c(Cl)cc(C(=O)Nc2nc(-c3cccc(OCCC4CCCCC4)c3F)cs2)cc1Cl)C(=O)O. The Morgan fingerprint density at radius 2 is 1.92 bits per heavy atom. The number of hydrogen-bond donors (Lipinski definition) is 2. The second-order valence-electron chi connectivity index (χ2n) is 9.24. The molecule has 1 saturated carbocycles. The summed E-state index contributed by atoms with van der Waals surface area (Å²) in [4.78, 5) is 28.3. The maximum absolute atomic E-state index is 15.2. The molecule has 1 fully saturated rings. The quantitative estimate of drug-likeness (QED) is 0.250. The number of benzene rings is 2. The fraction of sp³-hybridized carbons (Fsp3) is 0.321. The van der Waals surface area contributed by atoms with Gasteiger partial charge < -0.3 is 9.84 Å². The first-order chi connectivity index (χ1) is 18.2. The van der Waals surface area contributed by atoms with E-state index in [2.05, 4.69) is 10.3 Å². The van der Waals surface area contributed by atoms with Crippen molar-refractivity contribution in [3.63, 3.8) is 0 Å². The number of thiazole rings is 1. The number of nitrogens with one attached hydrogen (secondary N) is 1. The molecule has 0 radical (unpaired) electrons. The lowest BCUT2D eigenvalue weighted by Gasteiger charge is -2.21. The molecule has 0 spiro atoms. The molecule has 2 aromatic carbocycles. The predicted molar refractivity (Wildman–Crippen MR) is 150 cm³/mol. The molecule has 38 heavy (non-hydrogen) atoms. The van der Waals surface area contributed by atoms with Crippen molar-refractivity contribution in [3.05, 3.63) is 68.3 Å². The van der Waals surface area contributed by atoms with Crippen LogP contribution in [0.15, 0.2) is 41.3 Å². The number of hydrogen-bond acceptors (Lipinski definition) is 5. The molecule has 0 bridgehead atoms. The third kappa shape index (κ3) is 6.92. The van der Waals surface area contributed by atoms with Gasteiger partial charge in [-0.1, -0.05) is 61.4 Å². The Morgan fingerprint density at radius 1 is 1.21 bits per heavy atom. The maximum Gasteiger partial charge on any atom is 0.331 e. The van der Waals surface area contributed by atoms with Crippen LogP contribution in [0.25, 0.3) is 17.3 Å². The molecule has 200 valence electrons. The minimum Gasteiger partial charge on any atom is -0.490 e. The van der Waals surface area contributed by atoms with Gasteiger partial charge in [0.05, 0.1) is 22.3 Å². The Hall–Kier alpha value is -2.94. The molecule has 1 heterocycles. The summed E-state index contributed by atoms with van der Waals surface area (Å²) in [6.07, 6.45) is 8.49. The van der Waals surface area contributed by atoms with Gasteiger partial charge in [0.1, 0.15) is 0 Å². The average molecular weight is 578 g/mol. The van der Waals surface area contributed by atoms with E-state index in [1.165, 1.54) is 57.2 Å². The molecular weight excluding hydrogens is 550 g/mol. The van der Waals surface area contributed by atoms with E-state index in [1.54, 1.807) is 23.6 Å². The van der Waals surface area contributed by atoms with Crippen LogP contribution in [0.1, 0.15) is 61.4 Å². The smallest absolute Gasteiger partial charge is 0.331 e. The molecule has 2 N–H and O–H groups in total. The lowest BCUT2D eigenvalue weighted by molar-refractivity contribution is -0.132. The van der Waals surface area contributed by atoms with Crippen LogP contribution in [0.2, 0.25) is 10.0 Å². The monoisotopic (exact) mass is 576 g/mol. The van der Waals surface area contributed by atoms with Crippen molar-refractivity contribution >= 4 is 57.6 Å². The lowest BCUT2D eigenvalue weighted by Crippen LogP contribution is -2.12. The van der Waals surface area contributed by atoms with Gasteiger partial charge in [0, 0.05) is 27.6 Å². The summed E-state index contributed by atoms with van der Waals surface area (Å²) in [5, 5.41) is 13.9. The lowest BCUT2D eigenvalue weighted by atomic mass is 9.87. The highest BCUT2D eigenvalue weighted by atomic mass is 35.5. The number of aromatic nitrogens is 1. The first kappa shape index (κ1) is 28.1. The largest absolute Gasteiger partial charge is 0.490 e. The summed E-state index contributed by atoms with van der Waals surface area (Å²) in [5.41, 5.74) is 1.18. The second-order valence-corrected chi connectivity index (χ2v) is 10.9. The molecule has 1 aromatic heterocycles. The van der Waals surface area contributed by atoms with Gasteiger partial charge in [-0.3, -0.25) is 10.1 Å². The summed E-state index contributed by atoms with van der Waals surface area (Å²) in [7, 11) is 0. The van der Waals surface area contributed by atoms with E-state index >= 15 is 4.39 Å². The van der Waals surface area contributed by atoms with Crippen molar-refractivity contribution < 1.29 is 23.8 Å². The Bertz CT molecular complexity index is 1350. The zero-order valence-electron chi connectivity index (χ0n) is 20.7. The van der Waals surface area contributed by atoms with E-state index in [1.807, 2.05) is 0 Å². The van der Waals surface area contributed by atoms with Gasteiger partial charge in [0.25, 0.3) is 5.91 Å². The van der Waals surface area contributed by atoms with Gasteiger partial charge >= 0.3 is 5.97 Å². The third-order valence-electron chi connectivity index (χ3n) is 6.51. The first-order valence-electron chi connectivity index (χ1n) is 12.3. The molecular formula is C28H27Cl2FN2O4S. The number of carboxylic acid groups (broad SMARTS) is 1. The Morgan fingerprint density at radius 3 is 2.61 bits per heavy atom. The average Bonchev–Trinajstić information content (AvgIpc) is 3.35. The minimum absolute atomic E-state index is 0.0484. The van der Waals surface area contributed by atoms with Gasteiger partial charge in [-0.15, -0.1) is 11.3 Å². The van der Waals surface area contributed by atoms with Crippen LogP contribution in [0.4, 0.5) is 9.52 Å². The topological polar surface area (TPSA) is 88.5 Å². The van der Waals surface area contributed by atoms with Crippen LogP contribution < -0.4 is 10.1 Å². The third-order valence-corrected chi connectivity index (χ3v) is 7.89. The van der Waals surface area contributed by atoms with Gasteiger partial charge in [-0.25, -0.2) is 14.2 Å². The van der Waals surface area contributed by atoms with Crippen LogP contribution in [0.5, 0.6) is 5.75 Å². The van der Waals surface area contributed by atoms with Gasteiger partial charge in [-0.05, 0) is 49.6 Å². The van der Waals surface area contributed by atoms with Crippen LogP contribution in [0.3, 0.4) is 0 Å². The summed E-state index contributed by atoms with van der Waals surface area (Å²) < 4.78 is 21.0. The number of ether oxygens (including phenoxy) is 1. The fourth-order valence-electron chi connectivity index (χ4n) is 4.39.